The van der Waals surface area contributed by atoms with E-state index in [9.17, 15) is 8.42 Å². The highest BCUT2D eigenvalue weighted by molar-refractivity contribution is 7.89. The summed E-state index contributed by atoms with van der Waals surface area (Å²) < 4.78 is 28.6. The molecule has 1 aliphatic carbocycles. The first-order valence-corrected chi connectivity index (χ1v) is 10.8. The van der Waals surface area contributed by atoms with E-state index in [-0.39, 0.29) is 6.04 Å². The van der Waals surface area contributed by atoms with E-state index in [0.717, 1.165) is 29.8 Å². The van der Waals surface area contributed by atoms with E-state index >= 15 is 0 Å². The van der Waals surface area contributed by atoms with Gasteiger partial charge in [0.1, 0.15) is 0 Å². The Labute approximate surface area is 156 Å². The first kappa shape index (κ1) is 17.7. The van der Waals surface area contributed by atoms with E-state index < -0.39 is 10.0 Å². The van der Waals surface area contributed by atoms with Gasteiger partial charge in [-0.15, -0.1) is 0 Å². The minimum atomic E-state index is -3.52. The zero-order valence-electron chi connectivity index (χ0n) is 15.4. The molecule has 2 aromatic rings. The molecule has 1 atom stereocenters. The molecular formula is C21H26N2O2S. The van der Waals surface area contributed by atoms with Crippen molar-refractivity contribution < 1.29 is 8.42 Å². The van der Waals surface area contributed by atoms with Gasteiger partial charge in [0, 0.05) is 25.7 Å². The third-order valence-corrected chi connectivity index (χ3v) is 7.60. The molecule has 0 bridgehead atoms. The Bertz CT molecular complexity index is 891. The van der Waals surface area contributed by atoms with Gasteiger partial charge in [-0.25, -0.2) is 8.42 Å². The normalized spacial score (nSPS) is 22.5. The molecule has 2 aromatic carbocycles. The highest BCUT2D eigenvalue weighted by Gasteiger charge is 2.41. The minimum Gasteiger partial charge on any atom is -0.297 e. The van der Waals surface area contributed by atoms with Crippen LogP contribution in [-0.4, -0.2) is 43.3 Å². The Morgan fingerprint density at radius 1 is 0.923 bits per heavy atom. The fourth-order valence-corrected chi connectivity index (χ4v) is 5.48. The van der Waals surface area contributed by atoms with Crippen LogP contribution in [0.25, 0.3) is 0 Å². The maximum Gasteiger partial charge on any atom is 0.243 e. The van der Waals surface area contributed by atoms with Crippen molar-refractivity contribution in [2.24, 2.45) is 0 Å². The summed E-state index contributed by atoms with van der Waals surface area (Å²) in [6, 6.07) is 16.0. The standard InChI is InChI=1S/C21H26N2O2S/c1-16-8-11-20(14-17(16)2)26(24,25)23-13-12-22(19-9-10-19)15-21(23)18-6-4-3-5-7-18/h3-8,11,14,19,21H,9-10,12-13,15H2,1-2H3. The monoisotopic (exact) mass is 370 g/mol. The second-order valence-electron chi connectivity index (χ2n) is 7.51. The maximum absolute atomic E-state index is 13.4. The predicted molar refractivity (Wildman–Crippen MR) is 104 cm³/mol. The second kappa shape index (κ2) is 6.80. The predicted octanol–water partition coefficient (Wildman–Crippen LogP) is 3.51. The summed E-state index contributed by atoms with van der Waals surface area (Å²) in [6.45, 7) is 6.11. The first-order valence-electron chi connectivity index (χ1n) is 9.35. The number of aryl methyl sites for hydroxylation is 2. The summed E-state index contributed by atoms with van der Waals surface area (Å²) in [5.74, 6) is 0. The third kappa shape index (κ3) is 3.31. The summed E-state index contributed by atoms with van der Waals surface area (Å²) in [5.41, 5.74) is 3.20. The lowest BCUT2D eigenvalue weighted by Gasteiger charge is -2.41. The molecule has 0 N–H and O–H groups in total. The molecule has 4 rings (SSSR count). The number of nitrogens with zero attached hydrogens (tertiary/aromatic N) is 2. The minimum absolute atomic E-state index is 0.128. The fourth-order valence-electron chi connectivity index (χ4n) is 3.80. The van der Waals surface area contributed by atoms with Crippen molar-refractivity contribution in [2.75, 3.05) is 19.6 Å². The molecule has 1 aliphatic heterocycles. The quantitative estimate of drug-likeness (QED) is 0.827. The number of benzene rings is 2. The molecule has 1 heterocycles. The molecule has 1 saturated heterocycles. The molecule has 138 valence electrons. The van der Waals surface area contributed by atoms with Gasteiger partial charge >= 0.3 is 0 Å². The van der Waals surface area contributed by atoms with Crippen molar-refractivity contribution in [3.63, 3.8) is 0 Å². The van der Waals surface area contributed by atoms with Crippen LogP contribution < -0.4 is 0 Å². The van der Waals surface area contributed by atoms with Gasteiger partial charge in [0.25, 0.3) is 0 Å². The molecule has 2 aliphatic rings. The Morgan fingerprint density at radius 2 is 1.65 bits per heavy atom. The topological polar surface area (TPSA) is 40.6 Å². The SMILES string of the molecule is Cc1ccc(S(=O)(=O)N2CCN(C3CC3)CC2c2ccccc2)cc1C. The van der Waals surface area contributed by atoms with Gasteiger partial charge < -0.3 is 0 Å². The molecule has 0 radical (unpaired) electrons. The van der Waals surface area contributed by atoms with Crippen molar-refractivity contribution in [3.05, 3.63) is 65.2 Å². The molecule has 1 saturated carbocycles. The van der Waals surface area contributed by atoms with Crippen LogP contribution in [0, 0.1) is 13.8 Å². The van der Waals surface area contributed by atoms with Crippen molar-refractivity contribution in [1.82, 2.24) is 9.21 Å². The molecule has 26 heavy (non-hydrogen) atoms. The molecule has 5 heteroatoms. The average molecular weight is 371 g/mol. The van der Waals surface area contributed by atoms with Crippen LogP contribution in [0.2, 0.25) is 0 Å². The molecule has 4 nitrogen and oxygen atoms in total. The van der Waals surface area contributed by atoms with Crippen LogP contribution in [0.4, 0.5) is 0 Å². The van der Waals surface area contributed by atoms with Crippen LogP contribution in [0.5, 0.6) is 0 Å². The zero-order chi connectivity index (χ0) is 18.3. The maximum atomic E-state index is 13.4. The lowest BCUT2D eigenvalue weighted by Crippen LogP contribution is -2.51. The van der Waals surface area contributed by atoms with Crippen LogP contribution in [0.3, 0.4) is 0 Å². The van der Waals surface area contributed by atoms with E-state index in [4.69, 9.17) is 0 Å². The molecule has 0 spiro atoms. The Hall–Kier alpha value is -1.69. The lowest BCUT2D eigenvalue weighted by molar-refractivity contribution is 0.128. The second-order valence-corrected chi connectivity index (χ2v) is 9.40. The van der Waals surface area contributed by atoms with Gasteiger partial charge in [-0.3, -0.25) is 4.90 Å². The molecule has 0 amide bonds. The number of hydrogen-bond acceptors (Lipinski definition) is 3. The van der Waals surface area contributed by atoms with Gasteiger partial charge in [-0.2, -0.15) is 4.31 Å². The van der Waals surface area contributed by atoms with Crippen molar-refractivity contribution >= 4 is 10.0 Å². The van der Waals surface area contributed by atoms with Crippen molar-refractivity contribution in [3.8, 4) is 0 Å². The number of piperazine rings is 1. The molecular weight excluding hydrogens is 344 g/mol. The van der Waals surface area contributed by atoms with Crippen LogP contribution in [0.15, 0.2) is 53.4 Å². The van der Waals surface area contributed by atoms with Gasteiger partial charge in [0.05, 0.1) is 10.9 Å². The van der Waals surface area contributed by atoms with Crippen molar-refractivity contribution in [1.29, 1.82) is 0 Å². The van der Waals surface area contributed by atoms with Gasteiger partial charge in [-0.1, -0.05) is 36.4 Å². The average Bonchev–Trinajstić information content (AvgIpc) is 3.49. The van der Waals surface area contributed by atoms with E-state index in [1.165, 1.54) is 12.8 Å². The number of rotatable bonds is 4. The Balaban J connectivity index is 1.70. The largest absolute Gasteiger partial charge is 0.297 e. The van der Waals surface area contributed by atoms with Gasteiger partial charge in [0.2, 0.25) is 10.0 Å². The smallest absolute Gasteiger partial charge is 0.243 e. The summed E-state index contributed by atoms with van der Waals surface area (Å²) in [4.78, 5) is 2.87. The van der Waals surface area contributed by atoms with E-state index in [0.29, 0.717) is 17.5 Å². The zero-order valence-corrected chi connectivity index (χ0v) is 16.2. The summed E-state index contributed by atoms with van der Waals surface area (Å²) >= 11 is 0. The first-order chi connectivity index (χ1) is 12.5. The Morgan fingerprint density at radius 3 is 2.31 bits per heavy atom. The van der Waals surface area contributed by atoms with Crippen LogP contribution in [0.1, 0.15) is 35.6 Å². The van der Waals surface area contributed by atoms with E-state index in [1.54, 1.807) is 16.4 Å². The third-order valence-electron chi connectivity index (χ3n) is 5.70. The summed E-state index contributed by atoms with van der Waals surface area (Å²) in [7, 11) is -3.52. The number of sulfonamides is 1. The van der Waals surface area contributed by atoms with E-state index in [2.05, 4.69) is 4.90 Å². The highest BCUT2D eigenvalue weighted by atomic mass is 32.2. The lowest BCUT2D eigenvalue weighted by atomic mass is 10.0. The summed E-state index contributed by atoms with van der Waals surface area (Å²) in [5, 5.41) is 0. The molecule has 2 fully saturated rings. The van der Waals surface area contributed by atoms with Crippen molar-refractivity contribution in [2.45, 2.75) is 43.7 Å². The molecule has 1 unspecified atom stereocenters. The van der Waals surface area contributed by atoms with Crippen LogP contribution in [-0.2, 0) is 10.0 Å². The van der Waals surface area contributed by atoms with E-state index in [1.807, 2.05) is 50.2 Å². The Kier molecular flexibility index (Phi) is 4.63. The fraction of sp³-hybridized carbons (Fsp3) is 0.429. The number of hydrogen-bond donors (Lipinski definition) is 0. The molecule has 0 aromatic heterocycles. The van der Waals surface area contributed by atoms with Gasteiger partial charge in [-0.05, 0) is 55.5 Å². The summed E-state index contributed by atoms with van der Waals surface area (Å²) in [6.07, 6.45) is 2.48. The highest BCUT2D eigenvalue weighted by Crippen LogP contribution is 2.36. The van der Waals surface area contributed by atoms with Gasteiger partial charge in [0.15, 0.2) is 0 Å². The van der Waals surface area contributed by atoms with Crippen LogP contribution >= 0.6 is 0 Å².